The summed E-state index contributed by atoms with van der Waals surface area (Å²) in [6.45, 7) is 5.29. The van der Waals surface area contributed by atoms with Crippen molar-refractivity contribution in [2.45, 2.75) is 33.6 Å². The molecular formula is C21H20F3N3O3. The van der Waals surface area contributed by atoms with E-state index in [1.54, 1.807) is 45.0 Å². The fourth-order valence-corrected chi connectivity index (χ4v) is 3.28. The second-order valence-electron chi connectivity index (χ2n) is 7.09. The Kier molecular flexibility index (Phi) is 5.56. The fourth-order valence-electron chi connectivity index (χ4n) is 3.28. The van der Waals surface area contributed by atoms with Crippen LogP contribution >= 0.6 is 0 Å². The maximum atomic E-state index is 13.1. The molecule has 0 aliphatic heterocycles. The molecule has 0 atom stereocenters. The predicted molar refractivity (Wildman–Crippen MR) is 105 cm³/mol. The van der Waals surface area contributed by atoms with E-state index in [4.69, 9.17) is 4.74 Å². The zero-order valence-electron chi connectivity index (χ0n) is 16.9. The number of aryl methyl sites for hydroxylation is 4. The molecule has 3 aromatic rings. The molecule has 0 radical (unpaired) electrons. The van der Waals surface area contributed by atoms with Gasteiger partial charge in [-0.2, -0.15) is 18.3 Å². The van der Waals surface area contributed by atoms with Crippen LogP contribution in [0.2, 0.25) is 0 Å². The number of benzene rings is 2. The van der Waals surface area contributed by atoms with E-state index in [1.165, 1.54) is 13.1 Å². The summed E-state index contributed by atoms with van der Waals surface area (Å²) in [7, 11) is 1.25. The Morgan fingerprint density at radius 3 is 2.40 bits per heavy atom. The van der Waals surface area contributed by atoms with Gasteiger partial charge in [0.15, 0.2) is 0 Å². The highest BCUT2D eigenvalue weighted by Gasteiger charge is 2.35. The lowest BCUT2D eigenvalue weighted by molar-refractivity contribution is -0.385. The van der Waals surface area contributed by atoms with Crippen LogP contribution in [0.3, 0.4) is 0 Å². The quantitative estimate of drug-likeness (QED) is 0.403. The molecule has 0 spiro atoms. The second-order valence-corrected chi connectivity index (χ2v) is 7.09. The molecule has 6 nitrogen and oxygen atoms in total. The summed E-state index contributed by atoms with van der Waals surface area (Å²) in [5.41, 5.74) is 2.51. The molecule has 2 aromatic carbocycles. The van der Waals surface area contributed by atoms with Crippen molar-refractivity contribution in [3.8, 4) is 17.0 Å². The van der Waals surface area contributed by atoms with E-state index in [2.05, 4.69) is 5.10 Å². The van der Waals surface area contributed by atoms with Gasteiger partial charge in [0.1, 0.15) is 18.1 Å². The van der Waals surface area contributed by atoms with Gasteiger partial charge in [0.25, 0.3) is 5.69 Å². The first-order chi connectivity index (χ1) is 14.0. The van der Waals surface area contributed by atoms with E-state index in [0.717, 1.165) is 16.3 Å². The number of alkyl halides is 3. The van der Waals surface area contributed by atoms with Crippen LogP contribution in [0.4, 0.5) is 18.9 Å². The highest BCUT2D eigenvalue weighted by Crippen LogP contribution is 2.35. The fraction of sp³-hybridized carbons (Fsp3) is 0.286. The number of aromatic nitrogens is 2. The molecule has 158 valence electrons. The lowest BCUT2D eigenvalue weighted by Crippen LogP contribution is -2.11. The van der Waals surface area contributed by atoms with Crippen LogP contribution in [0, 0.1) is 30.9 Å². The van der Waals surface area contributed by atoms with E-state index in [9.17, 15) is 23.3 Å². The Labute approximate surface area is 171 Å². The lowest BCUT2D eigenvalue weighted by atomic mass is 10.0. The Balaban J connectivity index is 1.91. The first-order valence-electron chi connectivity index (χ1n) is 9.07. The first-order valence-corrected chi connectivity index (χ1v) is 9.07. The third-order valence-electron chi connectivity index (χ3n) is 4.92. The molecule has 0 saturated carbocycles. The van der Waals surface area contributed by atoms with Crippen LogP contribution in [0.1, 0.15) is 27.9 Å². The summed E-state index contributed by atoms with van der Waals surface area (Å²) in [5.74, 6) is 0.501. The monoisotopic (exact) mass is 419 g/mol. The smallest absolute Gasteiger partial charge is 0.433 e. The lowest BCUT2D eigenvalue weighted by Gasteiger charge is -2.14. The molecule has 0 amide bonds. The minimum atomic E-state index is -4.49. The van der Waals surface area contributed by atoms with E-state index >= 15 is 0 Å². The minimum Gasteiger partial charge on any atom is -0.488 e. The van der Waals surface area contributed by atoms with E-state index in [1.807, 2.05) is 0 Å². The van der Waals surface area contributed by atoms with Gasteiger partial charge in [-0.3, -0.25) is 14.8 Å². The van der Waals surface area contributed by atoms with Gasteiger partial charge in [-0.15, -0.1) is 0 Å². The zero-order chi connectivity index (χ0) is 22.2. The molecule has 0 aliphatic carbocycles. The van der Waals surface area contributed by atoms with E-state index in [0.29, 0.717) is 28.0 Å². The van der Waals surface area contributed by atoms with Gasteiger partial charge in [-0.1, -0.05) is 12.1 Å². The Hall–Kier alpha value is -3.36. The Morgan fingerprint density at radius 2 is 1.80 bits per heavy atom. The number of nitro groups is 1. The second kappa shape index (κ2) is 7.81. The summed E-state index contributed by atoms with van der Waals surface area (Å²) in [6, 6.07) is 9.23. The maximum absolute atomic E-state index is 13.1. The van der Waals surface area contributed by atoms with Crippen LogP contribution < -0.4 is 4.74 Å². The third-order valence-corrected chi connectivity index (χ3v) is 4.92. The highest BCUT2D eigenvalue weighted by atomic mass is 19.4. The summed E-state index contributed by atoms with van der Waals surface area (Å²) in [4.78, 5) is 10.8. The van der Waals surface area contributed by atoms with Crippen LogP contribution in [0.5, 0.6) is 5.75 Å². The molecule has 1 heterocycles. The van der Waals surface area contributed by atoms with Crippen molar-refractivity contribution < 1.29 is 22.8 Å². The summed E-state index contributed by atoms with van der Waals surface area (Å²) < 4.78 is 45.9. The number of ether oxygens (including phenoxy) is 1. The van der Waals surface area contributed by atoms with Crippen LogP contribution in [-0.4, -0.2) is 14.7 Å². The number of rotatable bonds is 5. The average molecular weight is 419 g/mol. The molecule has 0 aliphatic rings. The van der Waals surface area contributed by atoms with Gasteiger partial charge in [-0.05, 0) is 55.7 Å². The van der Waals surface area contributed by atoms with E-state index in [-0.39, 0.29) is 18.0 Å². The highest BCUT2D eigenvalue weighted by molar-refractivity contribution is 5.67. The van der Waals surface area contributed by atoms with Crippen molar-refractivity contribution in [2.24, 2.45) is 7.05 Å². The molecular weight excluding hydrogens is 399 g/mol. The van der Waals surface area contributed by atoms with Crippen LogP contribution in [-0.2, 0) is 19.8 Å². The largest absolute Gasteiger partial charge is 0.488 e. The van der Waals surface area contributed by atoms with Crippen LogP contribution in [0.15, 0.2) is 36.4 Å². The minimum absolute atomic E-state index is 0.00439. The van der Waals surface area contributed by atoms with Crippen molar-refractivity contribution in [2.75, 3.05) is 0 Å². The molecule has 0 unspecified atom stereocenters. The summed E-state index contributed by atoms with van der Waals surface area (Å²) in [6.07, 6.45) is -4.49. The molecule has 9 heteroatoms. The third kappa shape index (κ3) is 4.14. The topological polar surface area (TPSA) is 70.2 Å². The van der Waals surface area contributed by atoms with Gasteiger partial charge in [0.05, 0.1) is 16.2 Å². The molecule has 1 aromatic heterocycles. The first kappa shape index (κ1) is 21.4. The predicted octanol–water partition coefficient (Wildman–Crippen LogP) is 5.52. The standard InChI is InChI=1S/C21H20F3N3O3/c1-12-6-5-7-18(27(28)29)16(12)11-30-19-9-13(2)15(8-14(19)3)17-10-20(21(22,23)24)26(4)25-17/h5-10H,11H2,1-4H3. The molecule has 0 N–H and O–H groups in total. The molecule has 0 bridgehead atoms. The molecule has 0 saturated heterocycles. The average Bonchev–Trinajstić information content (AvgIpc) is 3.04. The van der Waals surface area contributed by atoms with Crippen LogP contribution in [0.25, 0.3) is 11.3 Å². The van der Waals surface area contributed by atoms with Gasteiger partial charge >= 0.3 is 6.18 Å². The molecule has 30 heavy (non-hydrogen) atoms. The molecule has 0 fully saturated rings. The van der Waals surface area contributed by atoms with Crippen molar-refractivity contribution in [1.29, 1.82) is 0 Å². The Bertz CT molecular complexity index is 1120. The van der Waals surface area contributed by atoms with Crippen molar-refractivity contribution in [3.63, 3.8) is 0 Å². The summed E-state index contributed by atoms with van der Waals surface area (Å²) >= 11 is 0. The number of nitrogens with zero attached hydrogens (tertiary/aromatic N) is 3. The van der Waals surface area contributed by atoms with Gasteiger partial charge in [0.2, 0.25) is 0 Å². The number of hydrogen-bond donors (Lipinski definition) is 0. The Morgan fingerprint density at radius 1 is 1.10 bits per heavy atom. The number of hydrogen-bond acceptors (Lipinski definition) is 4. The van der Waals surface area contributed by atoms with Gasteiger partial charge in [-0.25, -0.2) is 0 Å². The van der Waals surface area contributed by atoms with Crippen molar-refractivity contribution in [3.05, 3.63) is 74.5 Å². The van der Waals surface area contributed by atoms with E-state index < -0.39 is 16.8 Å². The SMILES string of the molecule is Cc1cc(-c2cc(C(F)(F)F)n(C)n2)c(C)cc1OCc1c(C)cccc1[N+](=O)[O-]. The number of nitro benzene ring substituents is 1. The van der Waals surface area contributed by atoms with Gasteiger partial charge < -0.3 is 4.74 Å². The van der Waals surface area contributed by atoms with Crippen molar-refractivity contribution >= 4 is 5.69 Å². The maximum Gasteiger partial charge on any atom is 0.433 e. The van der Waals surface area contributed by atoms with Crippen molar-refractivity contribution in [1.82, 2.24) is 9.78 Å². The number of halogens is 3. The molecule has 3 rings (SSSR count). The zero-order valence-corrected chi connectivity index (χ0v) is 16.9. The van der Waals surface area contributed by atoms with Gasteiger partial charge in [0, 0.05) is 18.7 Å². The summed E-state index contributed by atoms with van der Waals surface area (Å²) in [5, 5.41) is 15.3. The normalized spacial score (nSPS) is 11.6.